The number of likely N-dealkylation sites (tertiary alicyclic amines) is 1. The van der Waals surface area contributed by atoms with Crippen LogP contribution in [0.2, 0.25) is 0 Å². The molecule has 3 heterocycles. The summed E-state index contributed by atoms with van der Waals surface area (Å²) in [6.45, 7) is 0.0550. The highest BCUT2D eigenvalue weighted by Gasteiger charge is 2.34. The molecule has 0 aromatic rings. The zero-order chi connectivity index (χ0) is 14.3. The number of amides is 1. The van der Waals surface area contributed by atoms with Crippen LogP contribution in [0.15, 0.2) is 21.3 Å². The number of aliphatic imine (C=N–C) groups is 2. The van der Waals surface area contributed by atoms with Gasteiger partial charge in [0, 0.05) is 43.9 Å². The van der Waals surface area contributed by atoms with Gasteiger partial charge < -0.3 is 15.5 Å². The summed E-state index contributed by atoms with van der Waals surface area (Å²) in [5.41, 5.74) is 1.48. The number of nitrogens with zero attached hydrogens (tertiary/aromatic N) is 3. The van der Waals surface area contributed by atoms with Gasteiger partial charge in [0.1, 0.15) is 0 Å². The molecule has 0 saturated carbocycles. The van der Waals surface area contributed by atoms with Crippen LogP contribution < -0.4 is 5.32 Å². The van der Waals surface area contributed by atoms with Crippen LogP contribution in [-0.2, 0) is 4.79 Å². The third-order valence-electron chi connectivity index (χ3n) is 3.62. The Morgan fingerprint density at radius 1 is 1.58 bits per heavy atom. The molecule has 3 N–H and O–H groups in total. The van der Waals surface area contributed by atoms with E-state index in [1.54, 1.807) is 6.21 Å². The smallest absolute Gasteiger partial charge is 0.256 e. The third-order valence-corrected chi connectivity index (χ3v) is 3.62. The Labute approximate surface area is 111 Å². The maximum Gasteiger partial charge on any atom is 0.256 e. The first-order chi connectivity index (χ1) is 9.56. The summed E-state index contributed by atoms with van der Waals surface area (Å²) in [6, 6.07) is -0.569. The fourth-order valence-electron chi connectivity index (χ4n) is 2.60. The van der Waals surface area contributed by atoms with Crippen molar-refractivity contribution in [3.05, 3.63) is 11.3 Å². The molecule has 2 unspecified atom stereocenters. The van der Waals surface area contributed by atoms with E-state index in [-0.39, 0.29) is 5.91 Å². The lowest BCUT2D eigenvalue weighted by molar-refractivity contribution is -0.120. The van der Waals surface area contributed by atoms with Gasteiger partial charge in [-0.25, -0.2) is 4.99 Å². The Kier molecular flexibility index (Phi) is 2.87. The highest BCUT2D eigenvalue weighted by atomic mass is 16.3. The zero-order valence-corrected chi connectivity index (χ0v) is 10.2. The van der Waals surface area contributed by atoms with Gasteiger partial charge in [-0.3, -0.25) is 14.7 Å². The molecule has 3 aliphatic rings. The molecule has 7 heteroatoms. The molecule has 102 valence electrons. The molecular weight excluding hydrogens is 248 g/mol. The minimum Gasteiger partial charge on any atom is -0.396 e. The summed E-state index contributed by atoms with van der Waals surface area (Å²) in [7, 11) is 0. The first-order valence-electron chi connectivity index (χ1n) is 6.74. The Bertz CT molecular complexity index is 517. The summed E-state index contributed by atoms with van der Waals surface area (Å²) in [5.74, 6) is -0.657. The van der Waals surface area contributed by atoms with Gasteiger partial charge in [-0.05, 0) is 0 Å². The Balaban J connectivity index is 1.72. The van der Waals surface area contributed by atoms with Gasteiger partial charge in [0.2, 0.25) is 0 Å². The van der Waals surface area contributed by atoms with E-state index < -0.39 is 24.6 Å². The average Bonchev–Trinajstić information content (AvgIpc) is 2.95. The van der Waals surface area contributed by atoms with Crippen molar-refractivity contribution in [3.63, 3.8) is 0 Å². The molecule has 0 bridgehead atoms. The number of aliphatic hydroxyl groups is 2. The van der Waals surface area contributed by atoms with E-state index in [4.69, 9.17) is 1.37 Å². The van der Waals surface area contributed by atoms with Crippen molar-refractivity contribution in [1.29, 1.82) is 0 Å². The van der Waals surface area contributed by atoms with E-state index in [1.807, 2.05) is 4.90 Å². The molecule has 0 aliphatic carbocycles. The van der Waals surface area contributed by atoms with Crippen LogP contribution in [0.1, 0.15) is 1.37 Å². The summed E-state index contributed by atoms with van der Waals surface area (Å²) in [6.07, 6.45) is 2.29. The van der Waals surface area contributed by atoms with E-state index in [0.717, 1.165) is 5.57 Å². The van der Waals surface area contributed by atoms with Gasteiger partial charge in [0.15, 0.2) is 6.04 Å². The molecule has 3 rings (SSSR count). The molecule has 1 fully saturated rings. The molecular formula is C12H16N4O3. The number of hydrogen-bond acceptors (Lipinski definition) is 6. The molecule has 3 aliphatic heterocycles. The van der Waals surface area contributed by atoms with Crippen molar-refractivity contribution in [2.75, 3.05) is 26.2 Å². The highest BCUT2D eigenvalue weighted by molar-refractivity contribution is 6.01. The average molecular weight is 266 g/mol. The molecule has 7 nitrogen and oxygen atoms in total. The maximum absolute atomic E-state index is 11.6. The summed E-state index contributed by atoms with van der Waals surface area (Å²) >= 11 is 0. The predicted molar refractivity (Wildman–Crippen MR) is 69.0 cm³/mol. The van der Waals surface area contributed by atoms with E-state index in [2.05, 4.69) is 15.3 Å². The van der Waals surface area contributed by atoms with Crippen LogP contribution >= 0.6 is 0 Å². The second kappa shape index (κ2) is 4.84. The molecule has 1 amide bonds. The molecule has 1 saturated heterocycles. The lowest BCUT2D eigenvalue weighted by Crippen LogP contribution is -2.36. The minimum atomic E-state index is -1.28. The Morgan fingerprint density at radius 2 is 2.42 bits per heavy atom. The van der Waals surface area contributed by atoms with Crippen LogP contribution in [0.3, 0.4) is 0 Å². The molecule has 4 atom stereocenters. The summed E-state index contributed by atoms with van der Waals surface area (Å²) < 4.78 is 7.31. The minimum absolute atomic E-state index is 0.192. The molecule has 0 spiro atoms. The summed E-state index contributed by atoms with van der Waals surface area (Å²) in [5, 5.41) is 21.6. The zero-order valence-electron chi connectivity index (χ0n) is 11.2. The Hall–Kier alpha value is -1.57. The van der Waals surface area contributed by atoms with E-state index in [1.165, 1.54) is 6.34 Å². The van der Waals surface area contributed by atoms with Crippen LogP contribution in [0.5, 0.6) is 0 Å². The first kappa shape index (κ1) is 11.3. The topological polar surface area (TPSA) is 97.5 Å². The van der Waals surface area contributed by atoms with Gasteiger partial charge in [0.05, 0.1) is 19.5 Å². The van der Waals surface area contributed by atoms with Gasteiger partial charge in [-0.15, -0.1) is 0 Å². The normalized spacial score (nSPS) is 36.4. The monoisotopic (exact) mass is 266 g/mol. The standard InChI is InChI=1S/C12H16N4O3/c17-5-8-3-16(4-9(8)18)2-7-1-13-11-10(7)14-6-15-12(11)19/h1,6,8-9,11,17-18H,2-5H2,(H,14,15,19)/t8-,9+,11?/m1/s1/i5T/t5?,8-,9+,11?. The lowest BCUT2D eigenvalue weighted by Gasteiger charge is -2.17. The molecule has 0 aromatic carbocycles. The van der Waals surface area contributed by atoms with Gasteiger partial charge >= 0.3 is 0 Å². The van der Waals surface area contributed by atoms with Crippen LogP contribution in [0.25, 0.3) is 0 Å². The number of aliphatic hydroxyl groups excluding tert-OH is 2. The molecule has 0 radical (unpaired) electrons. The van der Waals surface area contributed by atoms with Crippen molar-refractivity contribution in [2.45, 2.75) is 12.1 Å². The second-order valence-electron chi connectivity index (χ2n) is 4.93. The Morgan fingerprint density at radius 3 is 3.16 bits per heavy atom. The van der Waals surface area contributed by atoms with E-state index in [9.17, 15) is 15.0 Å². The van der Waals surface area contributed by atoms with E-state index in [0.29, 0.717) is 25.3 Å². The number of rotatable bonds is 3. The maximum atomic E-state index is 11.6. The van der Waals surface area contributed by atoms with Crippen molar-refractivity contribution in [1.82, 2.24) is 10.2 Å². The largest absolute Gasteiger partial charge is 0.396 e. The second-order valence-corrected chi connectivity index (χ2v) is 4.93. The van der Waals surface area contributed by atoms with Crippen molar-refractivity contribution < 1.29 is 16.4 Å². The van der Waals surface area contributed by atoms with Crippen LogP contribution in [0, 0.1) is 5.92 Å². The molecule has 19 heavy (non-hydrogen) atoms. The number of hydrogen-bond donors (Lipinski definition) is 3. The lowest BCUT2D eigenvalue weighted by atomic mass is 10.1. The van der Waals surface area contributed by atoms with Crippen molar-refractivity contribution in [3.8, 4) is 0 Å². The summed E-state index contributed by atoms with van der Waals surface area (Å²) in [4.78, 5) is 21.8. The van der Waals surface area contributed by atoms with Gasteiger partial charge in [-0.1, -0.05) is 0 Å². The number of fused-ring (bicyclic) bond motifs is 1. The highest BCUT2D eigenvalue weighted by Crippen LogP contribution is 2.24. The SMILES string of the molecule is [3H]C(O)[C@H]1CN(CC2=C3N=CNC(=O)C3N=C2)C[C@@H]1O. The fourth-order valence-corrected chi connectivity index (χ4v) is 2.60. The third kappa shape index (κ3) is 2.20. The van der Waals surface area contributed by atoms with E-state index >= 15 is 0 Å². The van der Waals surface area contributed by atoms with Crippen LogP contribution in [0.4, 0.5) is 0 Å². The number of carbonyl (C=O) groups is 1. The number of carbonyl (C=O) groups excluding carboxylic acids is 1. The molecule has 0 aromatic heterocycles. The van der Waals surface area contributed by atoms with Crippen LogP contribution in [-0.4, -0.2) is 71.9 Å². The van der Waals surface area contributed by atoms with Gasteiger partial charge in [0.25, 0.3) is 5.91 Å². The van der Waals surface area contributed by atoms with Crippen molar-refractivity contribution in [2.24, 2.45) is 15.9 Å². The van der Waals surface area contributed by atoms with Crippen molar-refractivity contribution >= 4 is 18.5 Å². The predicted octanol–water partition coefficient (Wildman–Crippen LogP) is -1.86. The number of nitrogens with one attached hydrogen (secondary N) is 1. The number of β-amino-alcohol motifs (C(OH)–C–C–N with tert-alkyl or cyclic N) is 1. The quantitative estimate of drug-likeness (QED) is 0.558. The van der Waals surface area contributed by atoms with Gasteiger partial charge in [-0.2, -0.15) is 0 Å². The fraction of sp³-hybridized carbons (Fsp3) is 0.583. The first-order valence-corrected chi connectivity index (χ1v) is 6.16.